The van der Waals surface area contributed by atoms with Crippen molar-refractivity contribution in [2.75, 3.05) is 73.7 Å². The molecule has 0 aromatic heterocycles. The molecule has 0 aliphatic carbocycles. The average Bonchev–Trinajstić information content (AvgIpc) is 2.83. The fourth-order valence-corrected chi connectivity index (χ4v) is 4.05. The summed E-state index contributed by atoms with van der Waals surface area (Å²) in [5.41, 5.74) is 2.06. The molecule has 9 heteroatoms. The minimum Gasteiger partial charge on any atom is -0.496 e. The predicted molar refractivity (Wildman–Crippen MR) is 120 cm³/mol. The molecule has 1 saturated heterocycles. The molecule has 1 aromatic rings. The van der Waals surface area contributed by atoms with Crippen LogP contribution in [-0.2, 0) is 9.53 Å². The van der Waals surface area contributed by atoms with Crippen molar-refractivity contribution in [2.24, 2.45) is 0 Å². The highest BCUT2D eigenvalue weighted by Crippen LogP contribution is 2.40. The lowest BCUT2D eigenvalue weighted by Crippen LogP contribution is -2.53. The van der Waals surface area contributed by atoms with Crippen molar-refractivity contribution in [3.8, 4) is 17.2 Å². The van der Waals surface area contributed by atoms with Crippen LogP contribution in [0.4, 0.5) is 4.79 Å². The quantitative estimate of drug-likeness (QED) is 0.633. The Bertz CT molecular complexity index is 823. The Balaban J connectivity index is 1.58. The Morgan fingerprint density at radius 3 is 2.03 bits per heavy atom. The molecule has 1 aromatic carbocycles. The van der Waals surface area contributed by atoms with Gasteiger partial charge in [-0.05, 0) is 18.9 Å². The number of hydrogen-bond acceptors (Lipinski definition) is 7. The van der Waals surface area contributed by atoms with Crippen LogP contribution in [0.3, 0.4) is 0 Å². The van der Waals surface area contributed by atoms with Crippen molar-refractivity contribution < 1.29 is 28.5 Å². The summed E-state index contributed by atoms with van der Waals surface area (Å²) in [5.74, 6) is 2.17. The van der Waals surface area contributed by atoms with Gasteiger partial charge in [0.2, 0.25) is 5.91 Å². The van der Waals surface area contributed by atoms with Crippen LogP contribution in [-0.4, -0.2) is 100 Å². The zero-order valence-corrected chi connectivity index (χ0v) is 19.4. The van der Waals surface area contributed by atoms with Crippen molar-refractivity contribution in [3.63, 3.8) is 0 Å². The van der Waals surface area contributed by atoms with Crippen molar-refractivity contribution in [1.29, 1.82) is 0 Å². The molecule has 2 amide bonds. The van der Waals surface area contributed by atoms with E-state index in [-0.39, 0.29) is 12.0 Å². The minimum absolute atomic E-state index is 0.0879. The summed E-state index contributed by atoms with van der Waals surface area (Å²) < 4.78 is 21.5. The molecule has 3 rings (SSSR count). The molecule has 2 aliphatic heterocycles. The van der Waals surface area contributed by atoms with Gasteiger partial charge in [0, 0.05) is 51.4 Å². The highest BCUT2D eigenvalue weighted by Gasteiger charge is 2.27. The van der Waals surface area contributed by atoms with E-state index >= 15 is 0 Å². The van der Waals surface area contributed by atoms with Crippen molar-refractivity contribution in [2.45, 2.75) is 13.3 Å². The summed E-state index contributed by atoms with van der Waals surface area (Å²) in [6.45, 7) is 6.02. The van der Waals surface area contributed by atoms with Gasteiger partial charge in [0.15, 0.2) is 0 Å². The van der Waals surface area contributed by atoms with E-state index in [0.29, 0.717) is 63.1 Å². The summed E-state index contributed by atoms with van der Waals surface area (Å²) in [6, 6.07) is 3.70. The molecule has 0 bridgehead atoms. The summed E-state index contributed by atoms with van der Waals surface area (Å²) >= 11 is 0. The zero-order chi connectivity index (χ0) is 23.1. The second-order valence-corrected chi connectivity index (χ2v) is 7.69. The number of carbonyl (C=O) groups is 2. The Hall–Kier alpha value is -2.94. The maximum absolute atomic E-state index is 12.8. The molecular weight excluding hydrogens is 414 g/mol. The Labute approximate surface area is 189 Å². The first-order valence-corrected chi connectivity index (χ1v) is 10.9. The highest BCUT2D eigenvalue weighted by molar-refractivity contribution is 5.80. The van der Waals surface area contributed by atoms with E-state index in [2.05, 4.69) is 11.0 Å². The number of benzene rings is 1. The Morgan fingerprint density at radius 1 is 0.906 bits per heavy atom. The van der Waals surface area contributed by atoms with Gasteiger partial charge in [0.25, 0.3) is 0 Å². The van der Waals surface area contributed by atoms with Gasteiger partial charge in [-0.1, -0.05) is 6.08 Å². The highest BCUT2D eigenvalue weighted by atomic mass is 16.6. The molecular formula is C23H33N3O6. The molecule has 9 nitrogen and oxygen atoms in total. The Morgan fingerprint density at radius 2 is 1.53 bits per heavy atom. The maximum Gasteiger partial charge on any atom is 0.409 e. The summed E-state index contributed by atoms with van der Waals surface area (Å²) in [5, 5.41) is 0. The molecule has 32 heavy (non-hydrogen) atoms. The smallest absolute Gasteiger partial charge is 0.409 e. The third-order valence-corrected chi connectivity index (χ3v) is 5.85. The zero-order valence-electron chi connectivity index (χ0n) is 19.4. The van der Waals surface area contributed by atoms with Crippen LogP contribution in [0.5, 0.6) is 17.2 Å². The first-order chi connectivity index (χ1) is 15.5. The summed E-state index contributed by atoms with van der Waals surface area (Å²) in [4.78, 5) is 30.2. The van der Waals surface area contributed by atoms with E-state index in [1.54, 1.807) is 33.2 Å². The van der Waals surface area contributed by atoms with Crippen LogP contribution in [0.1, 0.15) is 18.9 Å². The number of rotatable bonds is 7. The first kappa shape index (κ1) is 23.7. The monoisotopic (exact) mass is 447 g/mol. The third kappa shape index (κ3) is 5.45. The number of piperazine rings is 1. The van der Waals surface area contributed by atoms with Gasteiger partial charge in [0.1, 0.15) is 17.2 Å². The number of hydrogen-bond donors (Lipinski definition) is 0. The van der Waals surface area contributed by atoms with Crippen molar-refractivity contribution >= 4 is 17.6 Å². The molecule has 0 spiro atoms. The lowest BCUT2D eigenvalue weighted by atomic mass is 9.97. The molecule has 176 valence electrons. The van der Waals surface area contributed by atoms with Crippen LogP contribution in [0, 0.1) is 0 Å². The van der Waals surface area contributed by atoms with Gasteiger partial charge in [0.05, 0.1) is 40.0 Å². The van der Waals surface area contributed by atoms with Crippen LogP contribution >= 0.6 is 0 Å². The largest absolute Gasteiger partial charge is 0.496 e. The molecule has 0 unspecified atom stereocenters. The molecule has 2 aliphatic rings. The van der Waals surface area contributed by atoms with E-state index in [1.807, 2.05) is 17.0 Å². The molecule has 0 N–H and O–H groups in total. The standard InChI is InChI=1S/C23H33N3O6/c1-5-32-23(28)26-12-10-25(11-13-26)21(27)16-24-8-6-17(7-9-24)22-19(30-3)14-18(29-2)15-20(22)31-4/h6,14-15H,5,7-13,16H2,1-4H3. The van der Waals surface area contributed by atoms with E-state index in [9.17, 15) is 9.59 Å². The normalized spacial score (nSPS) is 16.9. The van der Waals surface area contributed by atoms with E-state index < -0.39 is 0 Å². The van der Waals surface area contributed by atoms with E-state index in [1.165, 1.54) is 0 Å². The lowest BCUT2D eigenvalue weighted by molar-refractivity contribution is -0.133. The number of carbonyl (C=O) groups excluding carboxylic acids is 2. The fraction of sp³-hybridized carbons (Fsp3) is 0.565. The van der Waals surface area contributed by atoms with Gasteiger partial charge >= 0.3 is 6.09 Å². The van der Waals surface area contributed by atoms with Gasteiger partial charge < -0.3 is 28.7 Å². The van der Waals surface area contributed by atoms with Gasteiger partial charge in [-0.3, -0.25) is 9.69 Å². The van der Waals surface area contributed by atoms with Crippen LogP contribution in [0.15, 0.2) is 18.2 Å². The van der Waals surface area contributed by atoms with Gasteiger partial charge in [-0.2, -0.15) is 0 Å². The predicted octanol–water partition coefficient (Wildman–Crippen LogP) is 2.10. The summed E-state index contributed by atoms with van der Waals surface area (Å²) in [7, 11) is 4.88. The number of amides is 2. The molecule has 0 atom stereocenters. The number of ether oxygens (including phenoxy) is 4. The molecule has 0 saturated carbocycles. The van der Waals surface area contributed by atoms with Crippen LogP contribution in [0.25, 0.3) is 5.57 Å². The third-order valence-electron chi connectivity index (χ3n) is 5.85. The van der Waals surface area contributed by atoms with Gasteiger partial charge in [-0.15, -0.1) is 0 Å². The number of methoxy groups -OCH3 is 3. The van der Waals surface area contributed by atoms with E-state index in [4.69, 9.17) is 18.9 Å². The summed E-state index contributed by atoms with van der Waals surface area (Å²) in [6.07, 6.45) is 2.60. The van der Waals surface area contributed by atoms with Crippen LogP contribution in [0.2, 0.25) is 0 Å². The fourth-order valence-electron chi connectivity index (χ4n) is 4.05. The minimum atomic E-state index is -0.308. The average molecular weight is 448 g/mol. The first-order valence-electron chi connectivity index (χ1n) is 10.9. The van der Waals surface area contributed by atoms with Gasteiger partial charge in [-0.25, -0.2) is 4.79 Å². The van der Waals surface area contributed by atoms with Crippen LogP contribution < -0.4 is 14.2 Å². The lowest BCUT2D eigenvalue weighted by Gasteiger charge is -2.35. The number of nitrogens with zero attached hydrogens (tertiary/aromatic N) is 3. The van der Waals surface area contributed by atoms with E-state index in [0.717, 1.165) is 24.1 Å². The SMILES string of the molecule is CCOC(=O)N1CCN(C(=O)CN2CC=C(c3c(OC)cc(OC)cc3OC)CC2)CC1. The second-order valence-electron chi connectivity index (χ2n) is 7.69. The second kappa shape index (κ2) is 11.1. The maximum atomic E-state index is 12.8. The molecule has 2 heterocycles. The molecule has 1 fully saturated rings. The van der Waals surface area contributed by atoms with Crippen molar-refractivity contribution in [1.82, 2.24) is 14.7 Å². The molecule has 0 radical (unpaired) electrons. The van der Waals surface area contributed by atoms with Crippen molar-refractivity contribution in [3.05, 3.63) is 23.8 Å². The topological polar surface area (TPSA) is 80.8 Å². The Kier molecular flexibility index (Phi) is 8.21.